The lowest BCUT2D eigenvalue weighted by molar-refractivity contribution is -0.147. The second-order valence-electron chi connectivity index (χ2n) is 5.06. The number of hydrogen-bond acceptors (Lipinski definition) is 4. The summed E-state index contributed by atoms with van der Waals surface area (Å²) in [6.45, 7) is 1.16. The molecule has 1 amide bonds. The third-order valence-electron chi connectivity index (χ3n) is 3.49. The second-order valence-corrected chi connectivity index (χ2v) is 5.92. The highest BCUT2D eigenvalue weighted by Crippen LogP contribution is 2.23. The minimum absolute atomic E-state index is 0.0485. The summed E-state index contributed by atoms with van der Waals surface area (Å²) in [6.07, 6.45) is -0.298. The molecule has 1 unspecified atom stereocenters. The van der Waals surface area contributed by atoms with E-state index >= 15 is 0 Å². The summed E-state index contributed by atoms with van der Waals surface area (Å²) in [4.78, 5) is 24.8. The van der Waals surface area contributed by atoms with E-state index in [1.54, 1.807) is 12.0 Å². The van der Waals surface area contributed by atoms with Crippen molar-refractivity contribution in [3.05, 3.63) is 28.2 Å². The molecule has 2 rings (SSSR count). The molecule has 22 heavy (non-hydrogen) atoms. The van der Waals surface area contributed by atoms with Crippen LogP contribution in [0, 0.1) is 0 Å². The van der Waals surface area contributed by atoms with Gasteiger partial charge in [-0.2, -0.15) is 0 Å². The molecule has 120 valence electrons. The molecule has 1 aromatic carbocycles. The van der Waals surface area contributed by atoms with Crippen molar-refractivity contribution in [2.45, 2.75) is 18.9 Å². The lowest BCUT2D eigenvalue weighted by atomic mass is 10.1. The zero-order valence-corrected chi connectivity index (χ0v) is 13.8. The van der Waals surface area contributed by atoms with Gasteiger partial charge >= 0.3 is 5.97 Å². The molecule has 0 saturated carbocycles. The number of rotatable bonds is 5. The molecule has 1 N–H and O–H groups in total. The van der Waals surface area contributed by atoms with Crippen LogP contribution in [0.4, 0.5) is 0 Å². The highest BCUT2D eigenvalue weighted by Gasteiger charge is 2.26. The average molecular weight is 372 g/mol. The number of carboxylic acids is 1. The Bertz CT molecular complexity index is 563. The predicted octanol–water partition coefficient (Wildman–Crippen LogP) is 1.70. The van der Waals surface area contributed by atoms with Gasteiger partial charge in [-0.3, -0.25) is 9.59 Å². The van der Waals surface area contributed by atoms with Gasteiger partial charge in [0.15, 0.2) is 0 Å². The molecule has 0 aliphatic carbocycles. The van der Waals surface area contributed by atoms with Crippen LogP contribution in [0.15, 0.2) is 22.7 Å². The van der Waals surface area contributed by atoms with Gasteiger partial charge in [0, 0.05) is 17.6 Å². The lowest BCUT2D eigenvalue weighted by Crippen LogP contribution is -2.46. The third-order valence-corrected chi connectivity index (χ3v) is 4.26. The molecule has 7 heteroatoms. The molecule has 0 bridgehead atoms. The Labute approximate surface area is 137 Å². The molecule has 1 atom stereocenters. The van der Waals surface area contributed by atoms with Crippen molar-refractivity contribution in [2.24, 2.45) is 0 Å². The van der Waals surface area contributed by atoms with Gasteiger partial charge in [-0.05, 0) is 23.8 Å². The highest BCUT2D eigenvalue weighted by molar-refractivity contribution is 9.10. The molecule has 0 aromatic heterocycles. The number of halogens is 1. The van der Waals surface area contributed by atoms with Crippen LogP contribution in [0.25, 0.3) is 0 Å². The first kappa shape index (κ1) is 16.8. The number of carbonyl (C=O) groups is 2. The summed E-state index contributed by atoms with van der Waals surface area (Å²) >= 11 is 3.43. The smallest absolute Gasteiger partial charge is 0.306 e. The normalized spacial score (nSPS) is 18.1. The Morgan fingerprint density at radius 1 is 1.50 bits per heavy atom. The molecule has 1 heterocycles. The summed E-state index contributed by atoms with van der Waals surface area (Å²) in [6, 6.07) is 5.47. The fraction of sp³-hybridized carbons (Fsp3) is 0.467. The van der Waals surface area contributed by atoms with Crippen LogP contribution in [-0.2, 0) is 20.7 Å². The number of methoxy groups -OCH3 is 1. The van der Waals surface area contributed by atoms with E-state index < -0.39 is 12.1 Å². The van der Waals surface area contributed by atoms with E-state index in [4.69, 9.17) is 14.6 Å². The molecular formula is C15H18BrNO5. The predicted molar refractivity (Wildman–Crippen MR) is 83.0 cm³/mol. The Morgan fingerprint density at radius 3 is 2.95 bits per heavy atom. The van der Waals surface area contributed by atoms with Crippen molar-refractivity contribution >= 4 is 27.8 Å². The first-order valence-electron chi connectivity index (χ1n) is 6.93. The minimum atomic E-state index is -0.921. The highest BCUT2D eigenvalue weighted by atomic mass is 79.9. The standard InChI is InChI=1S/C15H18BrNO5/c1-21-11-2-3-13(16)10(6-11)7-14(18)17-4-5-22-12(9-17)8-15(19)20/h2-3,6,12H,4-5,7-9H2,1H3,(H,19,20). The number of ether oxygens (including phenoxy) is 2. The molecule has 1 saturated heterocycles. The van der Waals surface area contributed by atoms with Crippen LogP contribution in [0.1, 0.15) is 12.0 Å². The van der Waals surface area contributed by atoms with Gasteiger partial charge in [0.1, 0.15) is 5.75 Å². The molecule has 1 aliphatic heterocycles. The number of hydrogen-bond donors (Lipinski definition) is 1. The number of morpholine rings is 1. The number of carbonyl (C=O) groups excluding carboxylic acids is 1. The number of aliphatic carboxylic acids is 1. The summed E-state index contributed by atoms with van der Waals surface area (Å²) < 4.78 is 11.4. The first-order chi connectivity index (χ1) is 10.5. The van der Waals surface area contributed by atoms with Crippen molar-refractivity contribution in [3.63, 3.8) is 0 Å². The van der Waals surface area contributed by atoms with Crippen molar-refractivity contribution in [3.8, 4) is 5.75 Å². The molecule has 6 nitrogen and oxygen atoms in total. The van der Waals surface area contributed by atoms with Gasteiger partial charge < -0.3 is 19.5 Å². The maximum absolute atomic E-state index is 12.4. The van der Waals surface area contributed by atoms with E-state index in [-0.39, 0.29) is 18.7 Å². The SMILES string of the molecule is COc1ccc(Br)c(CC(=O)N2CCOC(CC(=O)O)C2)c1. The maximum atomic E-state index is 12.4. The molecule has 0 radical (unpaired) electrons. The number of nitrogens with zero attached hydrogens (tertiary/aromatic N) is 1. The molecule has 1 fully saturated rings. The van der Waals surface area contributed by atoms with Gasteiger partial charge in [0.25, 0.3) is 0 Å². The maximum Gasteiger partial charge on any atom is 0.306 e. The van der Waals surface area contributed by atoms with Gasteiger partial charge in [-0.15, -0.1) is 0 Å². The monoisotopic (exact) mass is 371 g/mol. The van der Waals surface area contributed by atoms with E-state index in [1.807, 2.05) is 18.2 Å². The number of amides is 1. The topological polar surface area (TPSA) is 76.1 Å². The van der Waals surface area contributed by atoms with E-state index in [2.05, 4.69) is 15.9 Å². The first-order valence-corrected chi connectivity index (χ1v) is 7.72. The Hall–Kier alpha value is -1.60. The lowest BCUT2D eigenvalue weighted by Gasteiger charge is -2.32. The van der Waals surface area contributed by atoms with E-state index in [0.717, 1.165) is 10.0 Å². The van der Waals surface area contributed by atoms with Crippen molar-refractivity contribution in [2.75, 3.05) is 26.8 Å². The number of carboxylic acid groups (broad SMARTS) is 1. The van der Waals surface area contributed by atoms with Crippen LogP contribution in [0.3, 0.4) is 0 Å². The third kappa shape index (κ3) is 4.45. The molecule has 1 aromatic rings. The summed E-state index contributed by atoms with van der Waals surface area (Å²) in [5.41, 5.74) is 0.839. The summed E-state index contributed by atoms with van der Waals surface area (Å²) in [7, 11) is 1.58. The average Bonchev–Trinajstić information content (AvgIpc) is 2.49. The second kappa shape index (κ2) is 7.60. The molecular weight excluding hydrogens is 354 g/mol. The van der Waals surface area contributed by atoms with Gasteiger partial charge in [0.2, 0.25) is 5.91 Å². The van der Waals surface area contributed by atoms with Gasteiger partial charge in [0.05, 0.1) is 32.7 Å². The van der Waals surface area contributed by atoms with E-state index in [9.17, 15) is 9.59 Å². The zero-order valence-electron chi connectivity index (χ0n) is 12.3. The van der Waals surface area contributed by atoms with Crippen LogP contribution in [0.5, 0.6) is 5.75 Å². The van der Waals surface area contributed by atoms with E-state index in [1.165, 1.54) is 0 Å². The van der Waals surface area contributed by atoms with Gasteiger partial charge in [-0.1, -0.05) is 15.9 Å². The van der Waals surface area contributed by atoms with Crippen LogP contribution in [0.2, 0.25) is 0 Å². The summed E-state index contributed by atoms with van der Waals surface area (Å²) in [5, 5.41) is 8.82. The van der Waals surface area contributed by atoms with Crippen LogP contribution >= 0.6 is 15.9 Å². The Kier molecular flexibility index (Phi) is 5.79. The van der Waals surface area contributed by atoms with Crippen molar-refractivity contribution in [1.82, 2.24) is 4.90 Å². The van der Waals surface area contributed by atoms with Crippen molar-refractivity contribution < 1.29 is 24.2 Å². The molecule has 1 aliphatic rings. The zero-order chi connectivity index (χ0) is 16.1. The minimum Gasteiger partial charge on any atom is -0.497 e. The quantitative estimate of drug-likeness (QED) is 0.852. The van der Waals surface area contributed by atoms with Gasteiger partial charge in [-0.25, -0.2) is 0 Å². The molecule has 0 spiro atoms. The fourth-order valence-corrected chi connectivity index (χ4v) is 2.74. The fourth-order valence-electron chi connectivity index (χ4n) is 2.35. The van der Waals surface area contributed by atoms with E-state index in [0.29, 0.717) is 25.4 Å². The van der Waals surface area contributed by atoms with Crippen LogP contribution in [-0.4, -0.2) is 54.8 Å². The largest absolute Gasteiger partial charge is 0.497 e. The van der Waals surface area contributed by atoms with Crippen LogP contribution < -0.4 is 4.74 Å². The Balaban J connectivity index is 2.01. The Morgan fingerprint density at radius 2 is 2.27 bits per heavy atom. The van der Waals surface area contributed by atoms with Crippen molar-refractivity contribution in [1.29, 1.82) is 0 Å². The summed E-state index contributed by atoms with van der Waals surface area (Å²) in [5.74, 6) is -0.279. The number of benzene rings is 1.